The monoisotopic (exact) mass is 311 g/mol. The summed E-state index contributed by atoms with van der Waals surface area (Å²) in [6.07, 6.45) is 0. The van der Waals surface area contributed by atoms with Gasteiger partial charge in [0.15, 0.2) is 6.61 Å². The van der Waals surface area contributed by atoms with Crippen LogP contribution in [-0.2, 0) is 4.79 Å². The van der Waals surface area contributed by atoms with E-state index < -0.39 is 12.6 Å². The first-order valence-corrected chi connectivity index (χ1v) is 6.17. The van der Waals surface area contributed by atoms with Crippen molar-refractivity contribution in [2.24, 2.45) is 0 Å². The van der Waals surface area contributed by atoms with Crippen LogP contribution < -0.4 is 10.1 Å². The zero-order valence-electron chi connectivity index (χ0n) is 11.1. The number of halogens is 2. The third-order valence-corrected chi connectivity index (χ3v) is 1.78. The van der Waals surface area contributed by atoms with Crippen LogP contribution >= 0.6 is 23.2 Å². The Hall–Kier alpha value is -1.01. The fraction of sp³-hybridized carbons (Fsp3) is 0.417. The number of ether oxygens (including phenoxy) is 1. The molecule has 0 radical (unpaired) electrons. The fourth-order valence-corrected chi connectivity index (χ4v) is 1.19. The number of benzene rings is 1. The number of rotatable bonds is 3. The average molecular weight is 312 g/mol. The summed E-state index contributed by atoms with van der Waals surface area (Å²) in [5.74, 6) is -0.737. The van der Waals surface area contributed by atoms with E-state index in [2.05, 4.69) is 5.32 Å². The standard InChI is InChI=1S/C8H6Cl2O3.C2H7N.C2H6O/c9-5-1-2-7(6(10)3-5)13-4-8(11)12;1-3-2;1-2-3/h1-3H,4H2,(H,11,12);3H,1-2H3;3H,2H2,1H3. The Morgan fingerprint density at radius 1 is 1.37 bits per heavy atom. The molecule has 1 rings (SSSR count). The number of hydrogen-bond donors (Lipinski definition) is 3. The van der Waals surface area contributed by atoms with Crippen LogP contribution in [0.15, 0.2) is 18.2 Å². The van der Waals surface area contributed by atoms with Crippen molar-refractivity contribution in [2.45, 2.75) is 6.92 Å². The van der Waals surface area contributed by atoms with Gasteiger partial charge in [0.05, 0.1) is 5.02 Å². The summed E-state index contributed by atoms with van der Waals surface area (Å²) in [5.41, 5.74) is 0. The summed E-state index contributed by atoms with van der Waals surface area (Å²) in [7, 11) is 3.75. The van der Waals surface area contributed by atoms with Crippen LogP contribution in [0.1, 0.15) is 6.92 Å². The number of aliphatic carboxylic acids is 1. The minimum absolute atomic E-state index is 0.250. The SMILES string of the molecule is CCO.CNC.O=C(O)COc1ccc(Cl)cc1Cl. The molecule has 0 unspecified atom stereocenters. The van der Waals surface area contributed by atoms with E-state index in [1.807, 2.05) is 14.1 Å². The predicted octanol–water partition coefficient (Wildman–Crippen LogP) is 2.29. The molecule has 0 saturated carbocycles. The summed E-state index contributed by atoms with van der Waals surface area (Å²) in [4.78, 5) is 10.2. The van der Waals surface area contributed by atoms with E-state index >= 15 is 0 Å². The Labute approximate surface area is 123 Å². The highest BCUT2D eigenvalue weighted by molar-refractivity contribution is 6.35. The van der Waals surface area contributed by atoms with E-state index in [-0.39, 0.29) is 6.61 Å². The normalized spacial score (nSPS) is 8.53. The van der Waals surface area contributed by atoms with Crippen LogP contribution in [0.3, 0.4) is 0 Å². The zero-order chi connectivity index (χ0) is 15.3. The summed E-state index contributed by atoms with van der Waals surface area (Å²) in [6, 6.07) is 4.58. The molecule has 19 heavy (non-hydrogen) atoms. The number of carboxylic acids is 1. The Morgan fingerprint density at radius 3 is 2.21 bits per heavy atom. The first-order chi connectivity index (χ1) is 8.92. The Morgan fingerprint density at radius 2 is 1.84 bits per heavy atom. The maximum Gasteiger partial charge on any atom is 0.341 e. The van der Waals surface area contributed by atoms with E-state index in [1.165, 1.54) is 12.1 Å². The molecule has 0 heterocycles. The van der Waals surface area contributed by atoms with Crippen molar-refractivity contribution in [1.29, 1.82) is 0 Å². The molecule has 0 aliphatic carbocycles. The molecule has 1 aromatic rings. The van der Waals surface area contributed by atoms with E-state index in [1.54, 1.807) is 13.0 Å². The Balaban J connectivity index is 0. The maximum atomic E-state index is 10.2. The molecular formula is C12H19Cl2NO4. The van der Waals surface area contributed by atoms with Crippen molar-refractivity contribution in [3.63, 3.8) is 0 Å². The minimum atomic E-state index is -1.05. The fourth-order valence-electron chi connectivity index (χ4n) is 0.732. The second kappa shape index (κ2) is 13.4. The Kier molecular flexibility index (Phi) is 14.3. The van der Waals surface area contributed by atoms with Crippen LogP contribution in [0, 0.1) is 0 Å². The van der Waals surface area contributed by atoms with E-state index in [9.17, 15) is 4.79 Å². The molecule has 0 fully saturated rings. The van der Waals surface area contributed by atoms with Gasteiger partial charge in [0.2, 0.25) is 0 Å². The van der Waals surface area contributed by atoms with E-state index in [0.717, 1.165) is 0 Å². The molecule has 0 aliphatic heterocycles. The largest absolute Gasteiger partial charge is 0.480 e. The molecule has 1 aromatic carbocycles. The van der Waals surface area contributed by atoms with Crippen molar-refractivity contribution in [3.05, 3.63) is 28.2 Å². The Bertz CT molecular complexity index is 360. The highest BCUT2D eigenvalue weighted by Gasteiger charge is 2.04. The van der Waals surface area contributed by atoms with Crippen LogP contribution in [0.5, 0.6) is 5.75 Å². The van der Waals surface area contributed by atoms with Gasteiger partial charge in [-0.1, -0.05) is 23.2 Å². The quantitative estimate of drug-likeness (QED) is 0.798. The summed E-state index contributed by atoms with van der Waals surface area (Å²) < 4.78 is 4.86. The van der Waals surface area contributed by atoms with Gasteiger partial charge >= 0.3 is 5.97 Å². The molecular weight excluding hydrogens is 293 g/mol. The van der Waals surface area contributed by atoms with Gasteiger partial charge in [0.25, 0.3) is 0 Å². The van der Waals surface area contributed by atoms with Gasteiger partial charge in [0.1, 0.15) is 5.75 Å². The number of carbonyl (C=O) groups is 1. The van der Waals surface area contributed by atoms with Gasteiger partial charge in [-0.2, -0.15) is 0 Å². The third-order valence-electron chi connectivity index (χ3n) is 1.25. The zero-order valence-corrected chi connectivity index (χ0v) is 12.6. The minimum Gasteiger partial charge on any atom is -0.480 e. The van der Waals surface area contributed by atoms with E-state index in [0.29, 0.717) is 15.8 Å². The molecule has 0 atom stereocenters. The lowest BCUT2D eigenvalue weighted by atomic mass is 10.3. The van der Waals surface area contributed by atoms with Crippen molar-refractivity contribution in [1.82, 2.24) is 5.32 Å². The van der Waals surface area contributed by atoms with Crippen LogP contribution in [-0.4, -0.2) is 43.5 Å². The van der Waals surface area contributed by atoms with Crippen LogP contribution in [0.2, 0.25) is 10.0 Å². The number of nitrogens with one attached hydrogen (secondary N) is 1. The van der Waals surface area contributed by atoms with Crippen molar-refractivity contribution in [3.8, 4) is 5.75 Å². The summed E-state index contributed by atoms with van der Waals surface area (Å²) in [5, 5.41) is 19.4. The first kappa shape index (κ1) is 20.3. The maximum absolute atomic E-state index is 10.2. The molecule has 0 bridgehead atoms. The van der Waals surface area contributed by atoms with Crippen molar-refractivity contribution in [2.75, 3.05) is 27.3 Å². The summed E-state index contributed by atoms with van der Waals surface area (Å²) in [6.45, 7) is 1.52. The molecule has 0 aliphatic rings. The van der Waals surface area contributed by atoms with Crippen molar-refractivity contribution >= 4 is 29.2 Å². The number of aliphatic hydroxyl groups is 1. The second-order valence-electron chi connectivity index (χ2n) is 3.07. The van der Waals surface area contributed by atoms with Gasteiger partial charge < -0.3 is 20.3 Å². The highest BCUT2D eigenvalue weighted by atomic mass is 35.5. The van der Waals surface area contributed by atoms with Crippen molar-refractivity contribution < 1.29 is 19.7 Å². The molecule has 0 spiro atoms. The lowest BCUT2D eigenvalue weighted by Crippen LogP contribution is -2.09. The topological polar surface area (TPSA) is 78.8 Å². The second-order valence-corrected chi connectivity index (χ2v) is 3.92. The molecule has 110 valence electrons. The third kappa shape index (κ3) is 13.2. The molecule has 3 N–H and O–H groups in total. The lowest BCUT2D eigenvalue weighted by Gasteiger charge is -2.04. The summed E-state index contributed by atoms with van der Waals surface area (Å²) >= 11 is 11.3. The smallest absolute Gasteiger partial charge is 0.341 e. The van der Waals surface area contributed by atoms with Gasteiger partial charge in [-0.25, -0.2) is 4.79 Å². The first-order valence-electron chi connectivity index (χ1n) is 5.41. The lowest BCUT2D eigenvalue weighted by molar-refractivity contribution is -0.139. The number of carboxylic acid groups (broad SMARTS) is 1. The molecule has 5 nitrogen and oxygen atoms in total. The van der Waals surface area contributed by atoms with Crippen LogP contribution in [0.25, 0.3) is 0 Å². The highest BCUT2D eigenvalue weighted by Crippen LogP contribution is 2.27. The molecule has 0 saturated heterocycles. The predicted molar refractivity (Wildman–Crippen MR) is 77.3 cm³/mol. The van der Waals surface area contributed by atoms with E-state index in [4.69, 9.17) is 38.2 Å². The number of aliphatic hydroxyl groups excluding tert-OH is 1. The molecule has 0 amide bonds. The average Bonchev–Trinajstić information content (AvgIpc) is 2.29. The molecule has 7 heteroatoms. The molecule has 0 aromatic heterocycles. The number of hydrogen-bond acceptors (Lipinski definition) is 4. The van der Waals surface area contributed by atoms with Gasteiger partial charge in [-0.05, 0) is 39.2 Å². The van der Waals surface area contributed by atoms with Gasteiger partial charge in [-0.15, -0.1) is 0 Å². The van der Waals surface area contributed by atoms with Gasteiger partial charge in [0, 0.05) is 11.6 Å². The van der Waals surface area contributed by atoms with Crippen LogP contribution in [0.4, 0.5) is 0 Å². The van der Waals surface area contributed by atoms with Gasteiger partial charge in [-0.3, -0.25) is 0 Å².